The van der Waals surface area contributed by atoms with Crippen molar-refractivity contribution >= 4 is 30.4 Å². The van der Waals surface area contributed by atoms with Crippen LogP contribution in [0.3, 0.4) is 0 Å². The molecule has 4 N–H and O–H groups in total. The quantitative estimate of drug-likeness (QED) is 0.137. The molecule has 0 radical (unpaired) electrons. The van der Waals surface area contributed by atoms with Crippen LogP contribution in [-0.2, 0) is 28.6 Å². The molecule has 0 aliphatic carbocycles. The molecule has 4 amide bonds. The highest BCUT2D eigenvalue weighted by Gasteiger charge is 2.24. The van der Waals surface area contributed by atoms with Gasteiger partial charge in [-0.25, -0.2) is 0 Å². The predicted molar refractivity (Wildman–Crippen MR) is 137 cm³/mol. The molecule has 13 heteroatoms. The summed E-state index contributed by atoms with van der Waals surface area (Å²) in [6, 6.07) is 4.12. The van der Waals surface area contributed by atoms with Gasteiger partial charge < -0.3 is 34.9 Å². The van der Waals surface area contributed by atoms with Gasteiger partial charge in [-0.1, -0.05) is 12.1 Å². The number of benzene rings is 1. The predicted octanol–water partition coefficient (Wildman–Crippen LogP) is -0.484. The number of nitrogens with one attached hydrogen (secondary N) is 2. The van der Waals surface area contributed by atoms with Crippen LogP contribution in [0.25, 0.3) is 0 Å². The number of nitrogens with zero attached hydrogens (tertiary/aromatic N) is 1. The van der Waals surface area contributed by atoms with Gasteiger partial charge in [0.1, 0.15) is 5.75 Å². The van der Waals surface area contributed by atoms with Crippen LogP contribution in [0, 0.1) is 0 Å². The summed E-state index contributed by atoms with van der Waals surface area (Å²) in [6.07, 6.45) is 1.16. The third kappa shape index (κ3) is 12.7. The van der Waals surface area contributed by atoms with Crippen molar-refractivity contribution < 1.29 is 42.9 Å². The van der Waals surface area contributed by atoms with Gasteiger partial charge in [0.2, 0.25) is 12.3 Å². The Balaban J connectivity index is 2.51. The van der Waals surface area contributed by atoms with E-state index in [1.54, 1.807) is 13.0 Å². The normalized spacial score (nSPS) is 11.3. The summed E-state index contributed by atoms with van der Waals surface area (Å²) in [5.41, 5.74) is 5.43. The van der Waals surface area contributed by atoms with Crippen molar-refractivity contribution in [2.24, 2.45) is 5.73 Å². The van der Waals surface area contributed by atoms with Gasteiger partial charge in [-0.3, -0.25) is 29.3 Å². The lowest BCUT2D eigenvalue weighted by molar-refractivity contribution is -0.125. The molecule has 1 unspecified atom stereocenters. The summed E-state index contributed by atoms with van der Waals surface area (Å²) in [7, 11) is 1.53. The summed E-state index contributed by atoms with van der Waals surface area (Å²) >= 11 is 0. The van der Waals surface area contributed by atoms with Crippen LogP contribution in [-0.4, -0.2) is 108 Å². The van der Waals surface area contributed by atoms with E-state index in [4.69, 9.17) is 24.7 Å². The Hall–Kier alpha value is -3.39. The number of imide groups is 1. The first-order valence-corrected chi connectivity index (χ1v) is 12.3. The second kappa shape index (κ2) is 19.7. The average molecular weight is 539 g/mol. The third-order valence-corrected chi connectivity index (χ3v) is 5.32. The molecule has 0 saturated heterocycles. The minimum absolute atomic E-state index is 0.0127. The summed E-state index contributed by atoms with van der Waals surface area (Å²) in [5, 5.41) is 4.69. The number of hydrogen-bond acceptors (Lipinski definition) is 10. The van der Waals surface area contributed by atoms with E-state index in [0.717, 1.165) is 0 Å². The molecular formula is C25H38N4O9. The van der Waals surface area contributed by atoms with Gasteiger partial charge in [-0.15, -0.1) is 0 Å². The Labute approximate surface area is 222 Å². The van der Waals surface area contributed by atoms with Crippen molar-refractivity contribution in [3.05, 3.63) is 29.3 Å². The van der Waals surface area contributed by atoms with Crippen LogP contribution in [0.1, 0.15) is 40.5 Å². The van der Waals surface area contributed by atoms with Crippen molar-refractivity contribution in [3.8, 4) is 5.75 Å². The largest absolute Gasteiger partial charge is 0.483 e. The number of carbonyl (C=O) groups excluding carboxylic acids is 5. The lowest BCUT2D eigenvalue weighted by atomic mass is 10.0. The van der Waals surface area contributed by atoms with Gasteiger partial charge in [-0.2, -0.15) is 0 Å². The lowest BCUT2D eigenvalue weighted by Crippen LogP contribution is -2.37. The molecule has 1 rings (SSSR count). The number of nitrogens with two attached hydrogens (primary N) is 1. The molecule has 0 aliphatic rings. The molecule has 0 saturated carbocycles. The van der Waals surface area contributed by atoms with Crippen LogP contribution >= 0.6 is 0 Å². The van der Waals surface area contributed by atoms with E-state index >= 15 is 0 Å². The van der Waals surface area contributed by atoms with E-state index < -0.39 is 17.7 Å². The van der Waals surface area contributed by atoms with Crippen LogP contribution in [0.5, 0.6) is 5.75 Å². The number of hydrogen-bond donors (Lipinski definition) is 3. The van der Waals surface area contributed by atoms with Gasteiger partial charge >= 0.3 is 0 Å². The van der Waals surface area contributed by atoms with Gasteiger partial charge in [0.05, 0.1) is 45.2 Å². The Kier molecular flexibility index (Phi) is 16.9. The monoisotopic (exact) mass is 538 g/mol. The van der Waals surface area contributed by atoms with E-state index in [2.05, 4.69) is 5.32 Å². The van der Waals surface area contributed by atoms with Crippen LogP contribution in [0.15, 0.2) is 18.2 Å². The molecule has 13 nitrogen and oxygen atoms in total. The van der Waals surface area contributed by atoms with Crippen molar-refractivity contribution in [2.45, 2.75) is 25.8 Å². The number of ether oxygens (including phenoxy) is 4. The minimum atomic E-state index is -0.507. The van der Waals surface area contributed by atoms with Crippen LogP contribution in [0.2, 0.25) is 0 Å². The van der Waals surface area contributed by atoms with Gasteiger partial charge in [0.15, 0.2) is 12.9 Å². The zero-order valence-electron chi connectivity index (χ0n) is 21.9. The summed E-state index contributed by atoms with van der Waals surface area (Å²) in [5.74, 6) is -1.32. The first-order chi connectivity index (χ1) is 18.3. The SMILES string of the molecule is CC(CCC(=O)NC=O)N(C)C(=O)c1c(C=O)cccc1OCC(=O)NCCOCCOCCOCCN. The molecule has 38 heavy (non-hydrogen) atoms. The Morgan fingerprint density at radius 3 is 2.29 bits per heavy atom. The topological polar surface area (TPSA) is 176 Å². The first-order valence-electron chi connectivity index (χ1n) is 12.3. The number of aldehydes is 1. The van der Waals surface area contributed by atoms with Crippen molar-refractivity contribution in [2.75, 3.05) is 66.4 Å². The molecular weight excluding hydrogens is 500 g/mol. The average Bonchev–Trinajstić information content (AvgIpc) is 2.92. The molecule has 0 heterocycles. The molecule has 0 aliphatic heterocycles. The standard InChI is InChI=1S/C25H38N4O9/c1-19(6-7-22(32)28-18-31)29(2)25(34)24-20(16-30)4-3-5-21(24)38-17-23(33)27-9-11-36-13-15-37-14-12-35-10-8-26/h3-5,16,18-19H,6-15,17,26H2,1-2H3,(H,27,33)(H,28,31,32). The highest BCUT2D eigenvalue weighted by molar-refractivity contribution is 6.04. The van der Waals surface area contributed by atoms with E-state index in [1.807, 2.05) is 5.32 Å². The molecule has 0 aromatic heterocycles. The summed E-state index contributed by atoms with van der Waals surface area (Å²) in [4.78, 5) is 60.3. The minimum Gasteiger partial charge on any atom is -0.483 e. The second-order valence-electron chi connectivity index (χ2n) is 8.09. The Morgan fingerprint density at radius 2 is 1.66 bits per heavy atom. The fourth-order valence-corrected chi connectivity index (χ4v) is 3.13. The fraction of sp³-hybridized carbons (Fsp3) is 0.560. The summed E-state index contributed by atoms with van der Waals surface area (Å²) < 4.78 is 21.5. The molecule has 1 aromatic rings. The fourth-order valence-electron chi connectivity index (χ4n) is 3.13. The maximum atomic E-state index is 13.2. The van der Waals surface area contributed by atoms with Gasteiger partial charge in [0, 0.05) is 38.2 Å². The van der Waals surface area contributed by atoms with Crippen molar-refractivity contribution in [1.82, 2.24) is 15.5 Å². The van der Waals surface area contributed by atoms with Crippen molar-refractivity contribution in [3.63, 3.8) is 0 Å². The molecule has 0 fully saturated rings. The lowest BCUT2D eigenvalue weighted by Gasteiger charge is -2.26. The smallest absolute Gasteiger partial charge is 0.258 e. The van der Waals surface area contributed by atoms with E-state index in [1.165, 1.54) is 24.1 Å². The van der Waals surface area contributed by atoms with Gasteiger partial charge in [0.25, 0.3) is 11.8 Å². The Bertz CT molecular complexity index is 898. The summed E-state index contributed by atoms with van der Waals surface area (Å²) in [6.45, 7) is 4.51. The molecule has 1 aromatic carbocycles. The second-order valence-corrected chi connectivity index (χ2v) is 8.09. The van der Waals surface area contributed by atoms with E-state index in [-0.39, 0.29) is 49.1 Å². The number of carbonyl (C=O) groups is 5. The first kappa shape index (κ1) is 32.6. The Morgan fingerprint density at radius 1 is 1.00 bits per heavy atom. The molecule has 0 bridgehead atoms. The maximum Gasteiger partial charge on any atom is 0.258 e. The number of rotatable bonds is 21. The van der Waals surface area contributed by atoms with Crippen LogP contribution in [0.4, 0.5) is 0 Å². The highest BCUT2D eigenvalue weighted by atomic mass is 16.5. The zero-order chi connectivity index (χ0) is 28.2. The molecule has 0 spiro atoms. The van der Waals surface area contributed by atoms with Gasteiger partial charge in [-0.05, 0) is 19.4 Å². The van der Waals surface area contributed by atoms with E-state index in [9.17, 15) is 24.0 Å². The highest BCUT2D eigenvalue weighted by Crippen LogP contribution is 2.24. The zero-order valence-corrected chi connectivity index (χ0v) is 21.9. The van der Waals surface area contributed by atoms with Crippen molar-refractivity contribution in [1.29, 1.82) is 0 Å². The van der Waals surface area contributed by atoms with E-state index in [0.29, 0.717) is 58.7 Å². The van der Waals surface area contributed by atoms with Crippen LogP contribution < -0.4 is 21.1 Å². The number of amides is 4. The molecule has 212 valence electrons. The molecule has 1 atom stereocenters. The third-order valence-electron chi connectivity index (χ3n) is 5.32. The maximum absolute atomic E-state index is 13.2.